The minimum absolute atomic E-state index is 0.146. The van der Waals surface area contributed by atoms with Crippen LogP contribution in [0, 0.1) is 5.92 Å². The molecule has 9 heteroatoms. The number of nitrogens with one attached hydrogen (secondary N) is 1. The van der Waals surface area contributed by atoms with Gasteiger partial charge in [0.2, 0.25) is 5.91 Å². The molecule has 0 bridgehead atoms. The minimum Gasteiger partial charge on any atom is -0.480 e. The Hall–Kier alpha value is -1.06. The molecule has 0 aromatic heterocycles. The van der Waals surface area contributed by atoms with E-state index in [9.17, 15) is 24.3 Å². The third kappa shape index (κ3) is 8.74. The Morgan fingerprint density at radius 3 is 1.76 bits per heavy atom. The van der Waals surface area contributed by atoms with E-state index in [0.717, 1.165) is 23.5 Å². The highest BCUT2D eigenvalue weighted by Gasteiger charge is 2.29. The van der Waals surface area contributed by atoms with Crippen molar-refractivity contribution >= 4 is 45.6 Å². The van der Waals surface area contributed by atoms with Crippen molar-refractivity contribution in [1.29, 1.82) is 0 Å². The number of aliphatic hydroxyl groups is 1. The Kier molecular flexibility index (Phi) is 9.31. The van der Waals surface area contributed by atoms with Crippen molar-refractivity contribution in [2.24, 2.45) is 5.92 Å². The molecule has 0 saturated carbocycles. The average Bonchev–Trinajstić information content (AvgIpc) is 2.34. The molecule has 120 valence electrons. The Morgan fingerprint density at radius 2 is 1.48 bits per heavy atom. The minimum atomic E-state index is -1.43. The zero-order chi connectivity index (χ0) is 16.6. The number of aliphatic hydroxyl groups excluding tert-OH is 1. The zero-order valence-corrected chi connectivity index (χ0v) is 13.6. The van der Waals surface area contributed by atoms with Gasteiger partial charge < -0.3 is 15.5 Å². The molecule has 0 aromatic carbocycles. The van der Waals surface area contributed by atoms with Gasteiger partial charge in [-0.05, 0) is 6.92 Å². The third-order valence-corrected chi connectivity index (χ3v) is 4.34. The van der Waals surface area contributed by atoms with Gasteiger partial charge in [-0.2, -0.15) is 0 Å². The van der Waals surface area contributed by atoms with E-state index in [1.54, 1.807) is 0 Å². The quantitative estimate of drug-likeness (QED) is 0.571. The fraction of sp³-hybridized carbons (Fsp3) is 0.667. The molecule has 2 atom stereocenters. The third-order valence-electron chi connectivity index (χ3n) is 2.39. The summed E-state index contributed by atoms with van der Waals surface area (Å²) >= 11 is 1.86. The van der Waals surface area contributed by atoms with Gasteiger partial charge in [0.25, 0.3) is 0 Å². The van der Waals surface area contributed by atoms with Crippen molar-refractivity contribution in [2.75, 3.05) is 11.5 Å². The van der Waals surface area contributed by atoms with Gasteiger partial charge in [0.15, 0.2) is 16.3 Å². The maximum atomic E-state index is 12.1. The largest absolute Gasteiger partial charge is 0.480 e. The van der Waals surface area contributed by atoms with Crippen molar-refractivity contribution < 1.29 is 29.4 Å². The van der Waals surface area contributed by atoms with Crippen molar-refractivity contribution in [1.82, 2.24) is 5.32 Å². The number of aliphatic carboxylic acids is 1. The second-order valence-corrected chi connectivity index (χ2v) is 6.76. The summed E-state index contributed by atoms with van der Waals surface area (Å²) in [5, 5.41) is 20.1. The first-order valence-corrected chi connectivity index (χ1v) is 8.10. The fourth-order valence-electron chi connectivity index (χ4n) is 1.30. The lowest BCUT2D eigenvalue weighted by atomic mass is 10.1. The fourth-order valence-corrected chi connectivity index (χ4v) is 2.85. The van der Waals surface area contributed by atoms with E-state index in [-0.39, 0.29) is 21.7 Å². The predicted octanol–water partition coefficient (Wildman–Crippen LogP) is 0.112. The summed E-state index contributed by atoms with van der Waals surface area (Å²) in [6, 6.07) is -1.43. The van der Waals surface area contributed by atoms with E-state index >= 15 is 0 Å². The number of carboxylic acid groups (broad SMARTS) is 1. The molecule has 0 aromatic rings. The van der Waals surface area contributed by atoms with Gasteiger partial charge in [0, 0.05) is 25.4 Å². The summed E-state index contributed by atoms with van der Waals surface area (Å²) < 4.78 is 0. The number of carboxylic acids is 1. The van der Waals surface area contributed by atoms with Gasteiger partial charge in [-0.3, -0.25) is 14.4 Å². The molecule has 0 heterocycles. The second kappa shape index (κ2) is 9.80. The molecule has 0 aliphatic rings. The van der Waals surface area contributed by atoms with Gasteiger partial charge in [0.05, 0.1) is 12.0 Å². The number of hydrogen-bond acceptors (Lipinski definition) is 7. The Bertz CT molecular complexity index is 395. The van der Waals surface area contributed by atoms with Crippen molar-refractivity contribution in [3.63, 3.8) is 0 Å². The van der Waals surface area contributed by atoms with Crippen LogP contribution in [-0.4, -0.2) is 56.0 Å². The lowest BCUT2D eigenvalue weighted by Gasteiger charge is -2.21. The molecule has 0 spiro atoms. The first kappa shape index (κ1) is 19.9. The molecule has 1 amide bonds. The van der Waals surface area contributed by atoms with Crippen molar-refractivity contribution in [3.05, 3.63) is 0 Å². The van der Waals surface area contributed by atoms with Crippen LogP contribution in [0.15, 0.2) is 0 Å². The SMILES string of the molecule is CC(=O)SCC(CSC(C)=O)C(=O)N[C@H](C(=O)O)C(C)O. The standard InChI is InChI=1S/C12H19NO6S2/c1-6(14)10(12(18)19)13-11(17)9(4-20-7(2)15)5-21-8(3)16/h6,9-10,14H,4-5H2,1-3H3,(H,13,17)(H,18,19)/t6?,10-/m0/s1. The summed E-state index contributed by atoms with van der Waals surface area (Å²) in [5.41, 5.74) is 0. The van der Waals surface area contributed by atoms with Crippen LogP contribution in [0.5, 0.6) is 0 Å². The number of carbonyl (C=O) groups excluding carboxylic acids is 3. The van der Waals surface area contributed by atoms with Crippen LogP contribution >= 0.6 is 23.5 Å². The van der Waals surface area contributed by atoms with Crippen LogP contribution in [0.2, 0.25) is 0 Å². The van der Waals surface area contributed by atoms with Crippen LogP contribution < -0.4 is 5.32 Å². The highest BCUT2D eigenvalue weighted by molar-refractivity contribution is 8.14. The Balaban J connectivity index is 4.78. The molecular weight excluding hydrogens is 318 g/mol. The maximum absolute atomic E-state index is 12.1. The molecule has 0 radical (unpaired) electrons. The van der Waals surface area contributed by atoms with E-state index < -0.39 is 29.9 Å². The summed E-state index contributed by atoms with van der Waals surface area (Å²) in [5.74, 6) is -2.36. The Morgan fingerprint density at radius 1 is 1.05 bits per heavy atom. The van der Waals surface area contributed by atoms with Gasteiger partial charge in [-0.15, -0.1) is 0 Å². The van der Waals surface area contributed by atoms with E-state index in [2.05, 4.69) is 5.32 Å². The summed E-state index contributed by atoms with van der Waals surface area (Å²) in [6.07, 6.45) is -1.26. The van der Waals surface area contributed by atoms with Crippen LogP contribution in [0.25, 0.3) is 0 Å². The lowest BCUT2D eigenvalue weighted by Crippen LogP contribution is -2.50. The first-order valence-electron chi connectivity index (χ1n) is 6.13. The summed E-state index contributed by atoms with van der Waals surface area (Å²) in [6.45, 7) is 3.96. The van der Waals surface area contributed by atoms with Crippen LogP contribution in [0.1, 0.15) is 20.8 Å². The monoisotopic (exact) mass is 337 g/mol. The molecule has 0 fully saturated rings. The summed E-state index contributed by atoms with van der Waals surface area (Å²) in [7, 11) is 0. The van der Waals surface area contributed by atoms with E-state index in [1.807, 2.05) is 0 Å². The maximum Gasteiger partial charge on any atom is 0.328 e. The van der Waals surface area contributed by atoms with E-state index in [4.69, 9.17) is 5.11 Å². The molecular formula is C12H19NO6S2. The molecule has 1 unspecified atom stereocenters. The number of thioether (sulfide) groups is 2. The normalized spacial score (nSPS) is 13.6. The molecule has 21 heavy (non-hydrogen) atoms. The highest BCUT2D eigenvalue weighted by atomic mass is 32.2. The van der Waals surface area contributed by atoms with Crippen molar-refractivity contribution in [2.45, 2.75) is 32.9 Å². The number of hydrogen-bond donors (Lipinski definition) is 3. The molecule has 0 saturated heterocycles. The topological polar surface area (TPSA) is 121 Å². The van der Waals surface area contributed by atoms with E-state index in [1.165, 1.54) is 20.8 Å². The van der Waals surface area contributed by atoms with Gasteiger partial charge in [0.1, 0.15) is 0 Å². The number of carbonyl (C=O) groups is 4. The Labute approximate surface area is 131 Å². The van der Waals surface area contributed by atoms with Crippen LogP contribution in [-0.2, 0) is 19.2 Å². The highest BCUT2D eigenvalue weighted by Crippen LogP contribution is 2.16. The predicted molar refractivity (Wildman–Crippen MR) is 81.0 cm³/mol. The lowest BCUT2D eigenvalue weighted by molar-refractivity contribution is -0.145. The molecule has 0 aliphatic heterocycles. The number of amides is 1. The molecule has 7 nitrogen and oxygen atoms in total. The molecule has 0 aliphatic carbocycles. The van der Waals surface area contributed by atoms with Crippen LogP contribution in [0.4, 0.5) is 0 Å². The second-order valence-electron chi connectivity index (χ2n) is 4.37. The molecule has 0 rings (SSSR count). The van der Waals surface area contributed by atoms with Gasteiger partial charge in [-0.1, -0.05) is 23.5 Å². The summed E-state index contributed by atoms with van der Waals surface area (Å²) in [4.78, 5) is 44.9. The number of rotatable bonds is 8. The average molecular weight is 337 g/mol. The van der Waals surface area contributed by atoms with Gasteiger partial charge in [-0.25, -0.2) is 4.79 Å². The van der Waals surface area contributed by atoms with E-state index in [0.29, 0.717) is 0 Å². The van der Waals surface area contributed by atoms with Gasteiger partial charge >= 0.3 is 5.97 Å². The van der Waals surface area contributed by atoms with Crippen molar-refractivity contribution in [3.8, 4) is 0 Å². The molecule has 3 N–H and O–H groups in total. The zero-order valence-electron chi connectivity index (χ0n) is 12.0. The first-order chi connectivity index (χ1) is 9.65. The van der Waals surface area contributed by atoms with Crippen LogP contribution in [0.3, 0.4) is 0 Å². The smallest absolute Gasteiger partial charge is 0.328 e.